The number of Topliss-reactive ketones (excluding diaryl/α,β-unsaturated/α-hetero) is 1. The highest BCUT2D eigenvalue weighted by Gasteiger charge is 2.44. The van der Waals surface area contributed by atoms with Gasteiger partial charge in [0.25, 0.3) is 0 Å². The zero-order chi connectivity index (χ0) is 37.6. The van der Waals surface area contributed by atoms with Gasteiger partial charge in [0.2, 0.25) is 23.5 Å². The van der Waals surface area contributed by atoms with Crippen molar-refractivity contribution in [2.24, 2.45) is 23.2 Å². The van der Waals surface area contributed by atoms with Gasteiger partial charge in [-0.1, -0.05) is 81.7 Å². The lowest BCUT2D eigenvalue weighted by Gasteiger charge is -2.35. The average Bonchev–Trinajstić information content (AvgIpc) is 3.75. The Labute approximate surface area is 291 Å². The van der Waals surface area contributed by atoms with E-state index >= 15 is 0 Å². The van der Waals surface area contributed by atoms with Gasteiger partial charge < -0.3 is 31.1 Å². The van der Waals surface area contributed by atoms with Crippen LogP contribution in [-0.4, -0.2) is 104 Å². The second kappa shape index (κ2) is 24.8. The predicted molar refractivity (Wildman–Crippen MR) is 193 cm³/mol. The summed E-state index contributed by atoms with van der Waals surface area (Å²) in [6.45, 7) is 24.9. The largest absolute Gasteiger partial charge is 0.344 e. The molecule has 1 aliphatic heterocycles. The van der Waals surface area contributed by atoms with Gasteiger partial charge in [0, 0.05) is 26.7 Å². The summed E-state index contributed by atoms with van der Waals surface area (Å²) in [7, 11) is 3.59. The molecule has 0 aromatic heterocycles. The fourth-order valence-electron chi connectivity index (χ4n) is 4.68. The van der Waals surface area contributed by atoms with Crippen LogP contribution in [0.1, 0.15) is 101 Å². The standard InChI is InChI=1S/C26H43N5O6.C4H9N.C4H10.C2H6/c1-7-8-18(20(33)15-32)28-23(35)19-11-16(2)13-31(19)24(36)22(26(3,4)5)29-25(37)27-12-21(34)30(6)14-17-9-10-17;1-3-4-5-2;1-4(2)3;1-2/h15-19,22H,7-14H2,1-6H3,(H,28,35)(H2,27,29,37);3,5H,1,4H2,2H3;4H,1-3H3;1-2H3/t16-,18?,19?,22?;;;/m1.../s1. The van der Waals surface area contributed by atoms with Crippen molar-refractivity contribution < 1.29 is 28.8 Å². The van der Waals surface area contributed by atoms with E-state index < -0.39 is 47.2 Å². The average molecular weight is 681 g/mol. The van der Waals surface area contributed by atoms with Crippen molar-refractivity contribution in [1.82, 2.24) is 31.1 Å². The lowest BCUT2D eigenvalue weighted by Crippen LogP contribution is -2.60. The van der Waals surface area contributed by atoms with Crippen molar-refractivity contribution in [3.05, 3.63) is 12.7 Å². The summed E-state index contributed by atoms with van der Waals surface area (Å²) in [4.78, 5) is 77.8. The minimum absolute atomic E-state index is 0.0279. The smallest absolute Gasteiger partial charge is 0.315 e. The molecular weight excluding hydrogens is 612 g/mol. The maximum absolute atomic E-state index is 13.7. The van der Waals surface area contributed by atoms with E-state index in [9.17, 15) is 28.8 Å². The van der Waals surface area contributed by atoms with Crippen LogP contribution in [-0.2, 0) is 24.0 Å². The number of ketones is 1. The number of urea groups is 1. The van der Waals surface area contributed by atoms with E-state index in [4.69, 9.17) is 0 Å². The van der Waals surface area contributed by atoms with Crippen LogP contribution >= 0.6 is 0 Å². The van der Waals surface area contributed by atoms with Crippen molar-refractivity contribution >= 4 is 35.8 Å². The van der Waals surface area contributed by atoms with Crippen LogP contribution < -0.4 is 21.3 Å². The molecule has 278 valence electrons. The molecule has 0 radical (unpaired) electrons. The van der Waals surface area contributed by atoms with Gasteiger partial charge in [-0.2, -0.15) is 0 Å². The van der Waals surface area contributed by atoms with Crippen molar-refractivity contribution in [1.29, 1.82) is 0 Å². The lowest BCUT2D eigenvalue weighted by atomic mass is 9.85. The predicted octanol–water partition coefficient (Wildman–Crippen LogP) is 3.94. The summed E-state index contributed by atoms with van der Waals surface area (Å²) in [6.07, 6.45) is 5.56. The van der Waals surface area contributed by atoms with Crippen LogP contribution in [0.5, 0.6) is 0 Å². The second-order valence-electron chi connectivity index (χ2n) is 14.1. The van der Waals surface area contributed by atoms with Crippen LogP contribution in [0.4, 0.5) is 4.79 Å². The van der Waals surface area contributed by atoms with Gasteiger partial charge in [-0.25, -0.2) is 4.79 Å². The molecule has 0 spiro atoms. The Kier molecular flexibility index (Phi) is 24.2. The van der Waals surface area contributed by atoms with E-state index in [1.165, 1.54) is 4.90 Å². The number of amides is 5. The lowest BCUT2D eigenvalue weighted by molar-refractivity contribution is -0.142. The van der Waals surface area contributed by atoms with Gasteiger partial charge in [0.1, 0.15) is 12.1 Å². The molecule has 4 N–H and O–H groups in total. The highest BCUT2D eigenvalue weighted by atomic mass is 16.2. The Morgan fingerprint density at radius 1 is 1.04 bits per heavy atom. The molecule has 1 aliphatic carbocycles. The molecule has 1 saturated carbocycles. The first-order valence-electron chi connectivity index (χ1n) is 17.6. The first-order chi connectivity index (χ1) is 22.4. The van der Waals surface area contributed by atoms with Gasteiger partial charge in [-0.05, 0) is 55.9 Å². The van der Waals surface area contributed by atoms with Crippen LogP contribution in [0.25, 0.3) is 0 Å². The maximum Gasteiger partial charge on any atom is 0.315 e. The molecule has 12 heteroatoms. The third-order valence-corrected chi connectivity index (χ3v) is 7.24. The number of hydrogen-bond donors (Lipinski definition) is 4. The third kappa shape index (κ3) is 19.5. The van der Waals surface area contributed by atoms with E-state index in [0.29, 0.717) is 38.3 Å². The maximum atomic E-state index is 13.7. The van der Waals surface area contributed by atoms with E-state index in [2.05, 4.69) is 48.6 Å². The zero-order valence-electron chi connectivity index (χ0n) is 32.0. The topological polar surface area (TPSA) is 157 Å². The van der Waals surface area contributed by atoms with Gasteiger partial charge in [0.05, 0.1) is 12.6 Å². The Morgan fingerprint density at radius 3 is 2.02 bits per heavy atom. The summed E-state index contributed by atoms with van der Waals surface area (Å²) in [5, 5.41) is 10.8. The number of likely N-dealkylation sites (N-methyl/N-ethyl adjacent to an activating group) is 2. The number of hydrogen-bond acceptors (Lipinski definition) is 7. The molecule has 12 nitrogen and oxygen atoms in total. The Hall–Kier alpha value is -3.28. The Balaban J connectivity index is 0. The van der Waals surface area contributed by atoms with Crippen LogP contribution in [0.3, 0.4) is 0 Å². The first-order valence-corrected chi connectivity index (χ1v) is 17.6. The zero-order valence-corrected chi connectivity index (χ0v) is 32.0. The molecule has 3 unspecified atom stereocenters. The Bertz CT molecular complexity index is 1000. The summed E-state index contributed by atoms with van der Waals surface area (Å²) in [6, 6.07) is -3.36. The summed E-state index contributed by atoms with van der Waals surface area (Å²) < 4.78 is 0. The number of likely N-dealkylation sites (tertiary alicyclic amines) is 1. The molecule has 1 saturated heterocycles. The number of aldehydes is 1. The molecular formula is C36H68N6O6. The molecule has 1 heterocycles. The van der Waals surface area contributed by atoms with Crippen LogP contribution in [0.2, 0.25) is 0 Å². The molecule has 0 aromatic rings. The number of rotatable bonds is 14. The second-order valence-corrected chi connectivity index (χ2v) is 14.1. The van der Waals surface area contributed by atoms with Gasteiger partial charge in [0.15, 0.2) is 6.29 Å². The van der Waals surface area contributed by atoms with Crippen molar-refractivity contribution in [2.75, 3.05) is 40.3 Å². The molecule has 5 amide bonds. The van der Waals surface area contributed by atoms with Crippen molar-refractivity contribution in [2.45, 2.75) is 119 Å². The molecule has 0 aromatic carbocycles. The molecule has 2 aliphatic rings. The van der Waals surface area contributed by atoms with Crippen LogP contribution in [0.15, 0.2) is 12.7 Å². The molecule has 2 fully saturated rings. The van der Waals surface area contributed by atoms with Gasteiger partial charge in [-0.3, -0.25) is 24.0 Å². The van der Waals surface area contributed by atoms with Gasteiger partial charge in [-0.15, -0.1) is 6.58 Å². The number of nitrogens with one attached hydrogen (secondary N) is 4. The molecule has 0 bridgehead atoms. The fraction of sp³-hybridized carbons (Fsp3) is 0.778. The summed E-state index contributed by atoms with van der Waals surface area (Å²) >= 11 is 0. The van der Waals surface area contributed by atoms with E-state index in [1.54, 1.807) is 32.7 Å². The highest BCUT2D eigenvalue weighted by Crippen LogP contribution is 2.30. The Morgan fingerprint density at radius 2 is 1.60 bits per heavy atom. The van der Waals surface area contributed by atoms with Crippen molar-refractivity contribution in [3.8, 4) is 0 Å². The van der Waals surface area contributed by atoms with E-state index in [1.807, 2.05) is 40.8 Å². The fourth-order valence-corrected chi connectivity index (χ4v) is 4.68. The minimum Gasteiger partial charge on any atom is -0.344 e. The van der Waals surface area contributed by atoms with Gasteiger partial charge >= 0.3 is 6.03 Å². The number of carbonyl (C=O) groups is 6. The summed E-state index contributed by atoms with van der Waals surface area (Å²) in [5.41, 5.74) is -0.688. The molecule has 4 atom stereocenters. The normalized spacial score (nSPS) is 17.8. The highest BCUT2D eigenvalue weighted by molar-refractivity contribution is 6.28. The summed E-state index contributed by atoms with van der Waals surface area (Å²) in [5.74, 6) is -0.432. The quantitative estimate of drug-likeness (QED) is 0.123. The number of nitrogens with zero attached hydrogens (tertiary/aromatic N) is 2. The van der Waals surface area contributed by atoms with E-state index in [0.717, 1.165) is 25.3 Å². The SMILES string of the molecule is C=CCNC.CC.CC(C)C.CCCC(NC(=O)C1C[C@@H](C)CN1C(=O)C(NC(=O)NCC(=O)N(C)CC1CC1)C(C)(C)C)C(=O)C=O. The molecule has 2 rings (SSSR count). The van der Waals surface area contributed by atoms with E-state index in [-0.39, 0.29) is 24.7 Å². The van der Waals surface area contributed by atoms with Crippen molar-refractivity contribution in [3.63, 3.8) is 0 Å². The first kappa shape index (κ1) is 46.8. The van der Waals surface area contributed by atoms with Crippen LogP contribution in [0, 0.1) is 23.2 Å². The number of carbonyl (C=O) groups excluding carboxylic acids is 6. The molecule has 48 heavy (non-hydrogen) atoms. The monoisotopic (exact) mass is 681 g/mol. The third-order valence-electron chi connectivity index (χ3n) is 7.24. The minimum atomic E-state index is -0.963.